The molecule has 10 heteroatoms. The minimum Gasteiger partial charge on any atom is -0.493 e. The van der Waals surface area contributed by atoms with Gasteiger partial charge < -0.3 is 23.9 Å². The van der Waals surface area contributed by atoms with Crippen molar-refractivity contribution >= 4 is 39.2 Å². The van der Waals surface area contributed by atoms with Crippen LogP contribution >= 0.6 is 11.6 Å². The summed E-state index contributed by atoms with van der Waals surface area (Å²) >= 11 is 7.19. The topological polar surface area (TPSA) is 91.0 Å². The van der Waals surface area contributed by atoms with E-state index in [9.17, 15) is 9.90 Å². The third kappa shape index (κ3) is 6.69. The second-order valence-corrected chi connectivity index (χ2v) is 13.4. The van der Waals surface area contributed by atoms with Crippen LogP contribution in [-0.4, -0.2) is 76.4 Å². The Kier molecular flexibility index (Phi) is 10.2. The standard InChI is InChI=1S/C39H45ClN4O5/c1-3-31-35-34-30(40)16-15-29-28(13-9-23-48-32-14-8-11-26-10-4-5-12-27(26)32)38(39(45)46)44(37(29)34)18-6-7-22-49-33(36(35)41-42(31)2)17-19-43-20-24-47-25-21-43/h4-5,8,10-12,14-16,33H,3,6-7,9,13,17-25H2,1-2H3,(H,45,46). The normalized spacial score (nSPS) is 17.2. The minimum absolute atomic E-state index is 0.221. The van der Waals surface area contributed by atoms with Crippen molar-refractivity contribution in [3.05, 3.63) is 82.3 Å². The van der Waals surface area contributed by atoms with Crippen molar-refractivity contribution in [3.8, 4) is 16.9 Å². The molecule has 0 spiro atoms. The van der Waals surface area contributed by atoms with E-state index in [-0.39, 0.29) is 6.10 Å². The van der Waals surface area contributed by atoms with Gasteiger partial charge in [0.15, 0.2) is 0 Å². The molecule has 9 nitrogen and oxygen atoms in total. The number of aromatic nitrogens is 3. The fraction of sp³-hybridized carbons (Fsp3) is 0.436. The number of aryl methyl sites for hydroxylation is 3. The van der Waals surface area contributed by atoms with Crippen molar-refractivity contribution in [2.45, 2.75) is 58.1 Å². The van der Waals surface area contributed by atoms with Crippen LogP contribution in [0.4, 0.5) is 0 Å². The van der Waals surface area contributed by atoms with Crippen LogP contribution < -0.4 is 4.74 Å². The summed E-state index contributed by atoms with van der Waals surface area (Å²) in [5, 5.41) is 19.6. The quantitative estimate of drug-likeness (QED) is 0.151. The minimum atomic E-state index is -0.931. The monoisotopic (exact) mass is 684 g/mol. The van der Waals surface area contributed by atoms with Gasteiger partial charge in [-0.05, 0) is 61.6 Å². The molecule has 3 aromatic carbocycles. The summed E-state index contributed by atoms with van der Waals surface area (Å²) in [7, 11) is 1.98. The number of rotatable bonds is 10. The number of ether oxygens (including phenoxy) is 3. The zero-order valence-corrected chi connectivity index (χ0v) is 29.2. The molecule has 0 radical (unpaired) electrons. The highest BCUT2D eigenvalue weighted by atomic mass is 35.5. The van der Waals surface area contributed by atoms with Gasteiger partial charge in [0.1, 0.15) is 17.5 Å². The number of hydrogen-bond acceptors (Lipinski definition) is 6. The van der Waals surface area contributed by atoms with E-state index in [2.05, 4.69) is 30.0 Å². The first kappa shape index (κ1) is 33.6. The van der Waals surface area contributed by atoms with Crippen molar-refractivity contribution < 1.29 is 24.1 Å². The highest BCUT2D eigenvalue weighted by Crippen LogP contribution is 2.45. The Labute approximate surface area is 292 Å². The number of hydrogen-bond donors (Lipinski definition) is 1. The molecule has 258 valence electrons. The molecule has 49 heavy (non-hydrogen) atoms. The third-order valence-electron chi connectivity index (χ3n) is 10.0. The number of morpholine rings is 1. The van der Waals surface area contributed by atoms with Gasteiger partial charge in [-0.1, -0.05) is 61.0 Å². The first-order valence-electron chi connectivity index (χ1n) is 17.6. The van der Waals surface area contributed by atoms with E-state index in [1.165, 1.54) is 0 Å². The summed E-state index contributed by atoms with van der Waals surface area (Å²) in [6, 6.07) is 18.2. The highest BCUT2D eigenvalue weighted by molar-refractivity contribution is 6.35. The molecule has 0 aliphatic carbocycles. The molecule has 7 rings (SSSR count). The number of carboxylic acid groups (broad SMARTS) is 1. The third-order valence-corrected chi connectivity index (χ3v) is 10.4. The Balaban J connectivity index is 1.29. The Morgan fingerprint density at radius 1 is 1.00 bits per heavy atom. The second-order valence-electron chi connectivity index (χ2n) is 13.0. The largest absolute Gasteiger partial charge is 0.493 e. The summed E-state index contributed by atoms with van der Waals surface area (Å²) in [4.78, 5) is 15.6. The smallest absolute Gasteiger partial charge is 0.352 e. The maximum absolute atomic E-state index is 13.1. The summed E-state index contributed by atoms with van der Waals surface area (Å²) in [6.07, 6.45) is 4.12. The van der Waals surface area contributed by atoms with E-state index in [1.807, 2.05) is 52.7 Å². The van der Waals surface area contributed by atoms with E-state index in [0.717, 1.165) is 114 Å². The van der Waals surface area contributed by atoms with Crippen LogP contribution in [0.25, 0.3) is 32.8 Å². The Morgan fingerprint density at radius 2 is 1.82 bits per heavy atom. The number of aromatic carboxylic acids is 1. The number of benzene rings is 3. The lowest BCUT2D eigenvalue weighted by Gasteiger charge is -2.28. The predicted molar refractivity (Wildman–Crippen MR) is 193 cm³/mol. The van der Waals surface area contributed by atoms with Crippen LogP contribution in [-0.2, 0) is 35.9 Å². The fourth-order valence-corrected chi connectivity index (χ4v) is 7.96. The van der Waals surface area contributed by atoms with E-state index >= 15 is 0 Å². The summed E-state index contributed by atoms with van der Waals surface area (Å²) in [5.41, 5.74) is 5.76. The van der Waals surface area contributed by atoms with Gasteiger partial charge in [-0.25, -0.2) is 4.79 Å². The number of halogens is 1. The molecule has 5 aromatic rings. The maximum atomic E-state index is 13.1. The van der Waals surface area contributed by atoms with Gasteiger partial charge in [0.05, 0.1) is 36.1 Å². The van der Waals surface area contributed by atoms with Crippen LogP contribution in [0.1, 0.15) is 66.2 Å². The molecule has 2 aliphatic heterocycles. The summed E-state index contributed by atoms with van der Waals surface area (Å²) < 4.78 is 22.4. The number of fused-ring (bicyclic) bond motifs is 3. The van der Waals surface area contributed by atoms with Gasteiger partial charge in [0, 0.05) is 67.4 Å². The van der Waals surface area contributed by atoms with Gasteiger partial charge in [-0.2, -0.15) is 5.10 Å². The van der Waals surface area contributed by atoms with E-state index in [4.69, 9.17) is 30.9 Å². The average Bonchev–Trinajstić information content (AvgIpc) is 3.60. The van der Waals surface area contributed by atoms with Crippen molar-refractivity contribution in [1.29, 1.82) is 0 Å². The molecule has 0 amide bonds. The van der Waals surface area contributed by atoms with Gasteiger partial charge in [0.2, 0.25) is 0 Å². The molecule has 2 aromatic heterocycles. The van der Waals surface area contributed by atoms with E-state index < -0.39 is 5.97 Å². The molecule has 2 aliphatic rings. The molecule has 1 saturated heterocycles. The van der Waals surface area contributed by atoms with Crippen LogP contribution in [0.3, 0.4) is 0 Å². The first-order chi connectivity index (χ1) is 24.0. The maximum Gasteiger partial charge on any atom is 0.352 e. The molecule has 1 fully saturated rings. The van der Waals surface area contributed by atoms with E-state index in [0.29, 0.717) is 43.3 Å². The molecule has 0 saturated carbocycles. The van der Waals surface area contributed by atoms with E-state index in [1.54, 1.807) is 0 Å². The summed E-state index contributed by atoms with van der Waals surface area (Å²) in [5.74, 6) is -0.0935. The van der Waals surface area contributed by atoms with Crippen molar-refractivity contribution in [2.75, 3.05) is 46.1 Å². The lowest BCUT2D eigenvalue weighted by Crippen LogP contribution is -2.37. The molecule has 1 unspecified atom stereocenters. The fourth-order valence-electron chi connectivity index (χ4n) is 7.71. The van der Waals surface area contributed by atoms with Gasteiger partial charge in [0.25, 0.3) is 0 Å². The van der Waals surface area contributed by atoms with Crippen LogP contribution in [0, 0.1) is 0 Å². The number of nitrogens with zero attached hydrogens (tertiary/aromatic N) is 4. The Hall–Kier alpha value is -3.89. The van der Waals surface area contributed by atoms with Crippen molar-refractivity contribution in [2.24, 2.45) is 7.05 Å². The van der Waals surface area contributed by atoms with Crippen LogP contribution in [0.15, 0.2) is 54.6 Å². The Bertz CT molecular complexity index is 1960. The second kappa shape index (κ2) is 14.9. The highest BCUT2D eigenvalue weighted by Gasteiger charge is 2.32. The van der Waals surface area contributed by atoms with Crippen molar-refractivity contribution in [3.63, 3.8) is 0 Å². The molecular weight excluding hydrogens is 640 g/mol. The van der Waals surface area contributed by atoms with Gasteiger partial charge in [-0.3, -0.25) is 9.58 Å². The molecule has 4 heterocycles. The number of carboxylic acids is 1. The lowest BCUT2D eigenvalue weighted by atomic mass is 9.94. The van der Waals surface area contributed by atoms with Gasteiger partial charge >= 0.3 is 5.97 Å². The molecular formula is C39H45ClN4O5. The zero-order valence-electron chi connectivity index (χ0n) is 28.4. The Morgan fingerprint density at radius 3 is 2.63 bits per heavy atom. The molecule has 1 N–H and O–H groups in total. The van der Waals surface area contributed by atoms with Gasteiger partial charge in [-0.15, -0.1) is 0 Å². The van der Waals surface area contributed by atoms with Crippen LogP contribution in [0.5, 0.6) is 5.75 Å². The SMILES string of the molecule is CCc1c2c(nn1C)C(CCN1CCOCC1)OCCCCn1c(C(=O)O)c(CCCOc3cccc4ccccc34)c3ccc(Cl)c-2c31. The average molecular weight is 685 g/mol. The molecule has 0 bridgehead atoms. The van der Waals surface area contributed by atoms with Crippen LogP contribution in [0.2, 0.25) is 5.02 Å². The summed E-state index contributed by atoms with van der Waals surface area (Å²) in [6.45, 7) is 7.92. The van der Waals surface area contributed by atoms with Crippen molar-refractivity contribution in [1.82, 2.24) is 19.2 Å². The predicted octanol–water partition coefficient (Wildman–Crippen LogP) is 7.69. The molecule has 1 atom stereocenters. The first-order valence-corrected chi connectivity index (χ1v) is 18.0. The number of carbonyl (C=O) groups is 1. The lowest BCUT2D eigenvalue weighted by molar-refractivity contribution is 0.00974. The zero-order chi connectivity index (χ0) is 33.9.